The molecule has 3 aliphatic heterocycles. The molecular weight excluding hydrogens is 618 g/mol. The highest BCUT2D eigenvalue weighted by Gasteiger charge is 2.77. The predicted molar refractivity (Wildman–Crippen MR) is 156 cm³/mol. The van der Waals surface area contributed by atoms with Gasteiger partial charge < -0.3 is 25.8 Å². The number of alkyl halides is 5. The molecule has 2 unspecified atom stereocenters. The Morgan fingerprint density at radius 1 is 1.13 bits per heavy atom. The lowest BCUT2D eigenvalue weighted by atomic mass is 9.89. The number of hydrogen-bond acceptors (Lipinski definition) is 10. The number of halogens is 6. The Hall–Kier alpha value is -3.66. The molecule has 0 radical (unpaired) electrons. The van der Waals surface area contributed by atoms with Crippen LogP contribution in [0, 0.1) is 18.2 Å². The monoisotopic (exact) mass is 652 g/mol. The molecule has 10 nitrogen and oxygen atoms in total. The van der Waals surface area contributed by atoms with E-state index in [-0.39, 0.29) is 60.4 Å². The molecule has 1 spiro atoms. The number of nitrogens with one attached hydrogen (secondary N) is 2. The Morgan fingerprint density at radius 2 is 1.91 bits per heavy atom. The molecule has 46 heavy (non-hydrogen) atoms. The molecule has 1 saturated carbocycles. The van der Waals surface area contributed by atoms with E-state index >= 15 is 4.39 Å². The van der Waals surface area contributed by atoms with Gasteiger partial charge in [0.25, 0.3) is 5.92 Å². The first-order chi connectivity index (χ1) is 21.7. The van der Waals surface area contributed by atoms with Crippen LogP contribution in [0.3, 0.4) is 0 Å². The smallest absolute Gasteiger partial charge is 0.418 e. The fourth-order valence-electron chi connectivity index (χ4n) is 7.42. The average Bonchev–Trinajstić information content (AvgIpc) is 3.18. The van der Waals surface area contributed by atoms with E-state index in [1.165, 1.54) is 0 Å². The topological polar surface area (TPSA) is 123 Å². The molecule has 0 bridgehead atoms. The number of fused-ring (bicyclic) bond motifs is 1. The van der Waals surface area contributed by atoms with E-state index in [1.807, 2.05) is 4.90 Å². The van der Waals surface area contributed by atoms with Gasteiger partial charge in [0, 0.05) is 31.6 Å². The molecule has 0 amide bonds. The Morgan fingerprint density at radius 3 is 2.65 bits per heavy atom. The van der Waals surface area contributed by atoms with Gasteiger partial charge in [-0.05, 0) is 58.7 Å². The van der Waals surface area contributed by atoms with Gasteiger partial charge in [-0.25, -0.2) is 23.1 Å². The quantitative estimate of drug-likeness (QED) is 0.334. The summed E-state index contributed by atoms with van der Waals surface area (Å²) < 4.78 is 100. The van der Waals surface area contributed by atoms with Crippen molar-refractivity contribution in [3.63, 3.8) is 0 Å². The molecule has 16 heteroatoms. The fourth-order valence-corrected chi connectivity index (χ4v) is 7.42. The highest BCUT2D eigenvalue weighted by molar-refractivity contribution is 5.96. The molecule has 3 aromatic heterocycles. The Bertz CT molecular complexity index is 1710. The minimum Gasteiger partial charge on any atom is -0.474 e. The molecule has 3 fully saturated rings. The summed E-state index contributed by atoms with van der Waals surface area (Å²) in [6.07, 6.45) is -3.26. The summed E-state index contributed by atoms with van der Waals surface area (Å²) in [7, 11) is 0. The van der Waals surface area contributed by atoms with Gasteiger partial charge in [0.1, 0.15) is 34.8 Å². The maximum atomic E-state index is 16.6. The van der Waals surface area contributed by atoms with Crippen LogP contribution in [0.5, 0.6) is 11.9 Å². The lowest BCUT2D eigenvalue weighted by molar-refractivity contribution is -0.137. The molecule has 2 saturated heterocycles. The lowest BCUT2D eigenvalue weighted by Gasteiger charge is -2.31. The lowest BCUT2D eigenvalue weighted by Crippen LogP contribution is -2.43. The van der Waals surface area contributed by atoms with Gasteiger partial charge in [0.05, 0.1) is 28.3 Å². The van der Waals surface area contributed by atoms with Crippen molar-refractivity contribution < 1.29 is 35.8 Å². The van der Waals surface area contributed by atoms with E-state index < -0.39 is 57.5 Å². The summed E-state index contributed by atoms with van der Waals surface area (Å²) in [5, 5.41) is 6.42. The third-order valence-corrected chi connectivity index (χ3v) is 9.71. The molecule has 3 atom stereocenters. The van der Waals surface area contributed by atoms with E-state index in [0.29, 0.717) is 39.0 Å². The molecule has 4 N–H and O–H groups in total. The number of aryl methyl sites for hydroxylation is 1. The zero-order chi connectivity index (χ0) is 32.6. The molecule has 248 valence electrons. The van der Waals surface area contributed by atoms with Crippen LogP contribution in [-0.2, 0) is 6.18 Å². The van der Waals surface area contributed by atoms with Gasteiger partial charge >= 0.3 is 12.2 Å². The van der Waals surface area contributed by atoms with Crippen molar-refractivity contribution in [3.8, 4) is 23.1 Å². The Kier molecular flexibility index (Phi) is 7.19. The van der Waals surface area contributed by atoms with Crippen molar-refractivity contribution in [1.82, 2.24) is 30.2 Å². The summed E-state index contributed by atoms with van der Waals surface area (Å²) in [6, 6.07) is 0.673. The van der Waals surface area contributed by atoms with E-state index in [9.17, 15) is 22.0 Å². The number of nitrogens with zero attached hydrogens (tertiary/aromatic N) is 5. The first kappa shape index (κ1) is 31.0. The number of rotatable bonds is 4. The van der Waals surface area contributed by atoms with Crippen LogP contribution in [0.25, 0.3) is 22.2 Å². The zero-order valence-electron chi connectivity index (χ0n) is 25.3. The highest BCUT2D eigenvalue weighted by atomic mass is 19.4. The summed E-state index contributed by atoms with van der Waals surface area (Å²) in [5.74, 6) is -4.18. The first-order valence-electron chi connectivity index (χ1n) is 15.3. The van der Waals surface area contributed by atoms with Crippen LogP contribution in [0.4, 0.5) is 38.0 Å². The van der Waals surface area contributed by atoms with Gasteiger partial charge in [-0.3, -0.25) is 4.90 Å². The van der Waals surface area contributed by atoms with Crippen molar-refractivity contribution in [2.24, 2.45) is 5.41 Å². The zero-order valence-corrected chi connectivity index (χ0v) is 25.3. The normalized spacial score (nSPS) is 27.6. The number of hydrogen-bond donors (Lipinski definition) is 3. The largest absolute Gasteiger partial charge is 0.474 e. The van der Waals surface area contributed by atoms with Gasteiger partial charge in [-0.2, -0.15) is 23.1 Å². The van der Waals surface area contributed by atoms with E-state index in [2.05, 4.69) is 30.6 Å². The highest BCUT2D eigenvalue weighted by Crippen LogP contribution is 2.69. The molecule has 1 aliphatic carbocycles. The molecule has 3 aromatic rings. The van der Waals surface area contributed by atoms with Gasteiger partial charge in [0.2, 0.25) is 5.88 Å². The van der Waals surface area contributed by atoms with Crippen molar-refractivity contribution in [2.75, 3.05) is 50.4 Å². The number of pyridine rings is 2. The van der Waals surface area contributed by atoms with Crippen molar-refractivity contribution in [2.45, 2.75) is 69.7 Å². The predicted octanol–water partition coefficient (Wildman–Crippen LogP) is 4.95. The van der Waals surface area contributed by atoms with Crippen LogP contribution < -0.4 is 25.8 Å². The minimum absolute atomic E-state index is 0.00438. The van der Waals surface area contributed by atoms with E-state index in [0.717, 1.165) is 19.4 Å². The summed E-state index contributed by atoms with van der Waals surface area (Å²) in [5.41, 5.74) is 0.837. The third-order valence-electron chi connectivity index (χ3n) is 9.71. The van der Waals surface area contributed by atoms with Gasteiger partial charge in [-0.15, -0.1) is 0 Å². The van der Waals surface area contributed by atoms with Crippen molar-refractivity contribution in [1.29, 1.82) is 0 Å². The molecular formula is C30H34F6N8O2. The van der Waals surface area contributed by atoms with Crippen molar-refractivity contribution in [3.05, 3.63) is 23.1 Å². The summed E-state index contributed by atoms with van der Waals surface area (Å²) in [4.78, 5) is 18.9. The van der Waals surface area contributed by atoms with Crippen LogP contribution >= 0.6 is 0 Å². The van der Waals surface area contributed by atoms with Crippen LogP contribution in [0.2, 0.25) is 0 Å². The Labute approximate surface area is 260 Å². The van der Waals surface area contributed by atoms with E-state index in [1.54, 1.807) is 6.92 Å². The second-order valence-corrected chi connectivity index (χ2v) is 13.0. The third kappa shape index (κ3) is 5.13. The standard InChI is InChI=1S/C30H34F6N8O2/c1-15-4-6-38-7-8-39-24-19-23(21(31)22(41-25(19)46-15)17-10-18(37)40-16(2)20(17)30(34,35)36)42-26(43-24)45-14-28-5-3-9-44(28)13-27(11-28)12-29(27,32)33/h10,15,38H,3-9,11-14H2,1-2H3,(H2,37,40)(H,39,42,43)/t15-,27?,28?/m0/s1. The van der Waals surface area contributed by atoms with Crippen LogP contribution in [-0.4, -0.2) is 81.7 Å². The number of nitrogens with two attached hydrogens (primary N) is 1. The number of nitrogen functional groups attached to an aromatic ring is 1. The minimum atomic E-state index is -4.90. The summed E-state index contributed by atoms with van der Waals surface area (Å²) >= 11 is 0. The van der Waals surface area contributed by atoms with Gasteiger partial charge in [-0.1, -0.05) is 0 Å². The SMILES string of the molecule is Cc1nc(N)cc(-c2nc3c4c(nc(OCC56CCCN5CC5(C6)CC5(F)F)nc4c2F)NCCNCC[C@H](C)O3)c1C(F)(F)F. The second-order valence-electron chi connectivity index (χ2n) is 13.0. The Balaban J connectivity index is 1.36. The number of aromatic nitrogens is 4. The summed E-state index contributed by atoms with van der Waals surface area (Å²) in [6.45, 7) is 5.30. The molecule has 7 rings (SSSR count). The average molecular weight is 653 g/mol. The fraction of sp³-hybridized carbons (Fsp3) is 0.600. The van der Waals surface area contributed by atoms with Crippen LogP contribution in [0.1, 0.15) is 50.3 Å². The molecule has 6 heterocycles. The molecule has 4 aliphatic rings. The van der Waals surface area contributed by atoms with E-state index in [4.69, 9.17) is 15.2 Å². The maximum Gasteiger partial charge on any atom is 0.418 e. The van der Waals surface area contributed by atoms with Gasteiger partial charge in [0.15, 0.2) is 5.82 Å². The number of ether oxygens (including phenoxy) is 2. The first-order valence-corrected chi connectivity index (χ1v) is 15.3. The maximum absolute atomic E-state index is 16.6. The van der Waals surface area contributed by atoms with Crippen molar-refractivity contribution >= 4 is 22.5 Å². The van der Waals surface area contributed by atoms with Crippen LogP contribution in [0.15, 0.2) is 6.07 Å². The number of anilines is 2. The molecule has 0 aromatic carbocycles. The second kappa shape index (κ2) is 10.7.